The molecule has 0 unspecified atom stereocenters. The summed E-state index contributed by atoms with van der Waals surface area (Å²) in [5.41, 5.74) is 5.37. The third-order valence-corrected chi connectivity index (χ3v) is 2.48. The van der Waals surface area contributed by atoms with E-state index in [0.29, 0.717) is 10.8 Å². The summed E-state index contributed by atoms with van der Waals surface area (Å²) in [7, 11) is 0. The van der Waals surface area contributed by atoms with Crippen molar-refractivity contribution in [2.45, 2.75) is 0 Å². The molecule has 0 spiro atoms. The number of hydrogen-bond acceptors (Lipinski definition) is 2. The first-order chi connectivity index (χ1) is 4.22. The van der Waals surface area contributed by atoms with E-state index in [1.807, 2.05) is 0 Å². The molecule has 0 bridgehead atoms. The third kappa shape index (κ3) is 1.46. The summed E-state index contributed by atoms with van der Waals surface area (Å²) in [6, 6.07) is 1.80. The molecular formula is C5H4ClIN2. The van der Waals surface area contributed by atoms with E-state index in [2.05, 4.69) is 27.6 Å². The minimum atomic E-state index is 0.392. The maximum Gasteiger partial charge on any atom is 0.143 e. The van der Waals surface area contributed by atoms with Crippen LogP contribution in [0.3, 0.4) is 0 Å². The van der Waals surface area contributed by atoms with Gasteiger partial charge in [0.05, 0.1) is 5.02 Å². The molecule has 1 aromatic heterocycles. The van der Waals surface area contributed by atoms with Crippen molar-refractivity contribution in [3.63, 3.8) is 0 Å². The van der Waals surface area contributed by atoms with Crippen molar-refractivity contribution in [2.24, 2.45) is 0 Å². The van der Waals surface area contributed by atoms with Gasteiger partial charge in [0.15, 0.2) is 0 Å². The van der Waals surface area contributed by atoms with E-state index in [1.54, 1.807) is 12.3 Å². The van der Waals surface area contributed by atoms with E-state index < -0.39 is 0 Å². The third-order valence-electron chi connectivity index (χ3n) is 0.869. The number of halogens is 2. The molecule has 9 heavy (non-hydrogen) atoms. The minimum Gasteiger partial charge on any atom is -0.382 e. The molecule has 0 radical (unpaired) electrons. The van der Waals surface area contributed by atoms with Gasteiger partial charge in [0, 0.05) is 9.77 Å². The molecule has 2 N–H and O–H groups in total. The fourth-order valence-corrected chi connectivity index (χ4v) is 0.984. The van der Waals surface area contributed by atoms with E-state index >= 15 is 0 Å². The van der Waals surface area contributed by atoms with Gasteiger partial charge in [0.25, 0.3) is 0 Å². The quantitative estimate of drug-likeness (QED) is 0.719. The van der Waals surface area contributed by atoms with Crippen LogP contribution >= 0.6 is 34.2 Å². The number of nitrogens with zero attached hydrogens (tertiary/aromatic N) is 1. The molecule has 0 aliphatic heterocycles. The molecule has 0 saturated heterocycles. The smallest absolute Gasteiger partial charge is 0.143 e. The second-order valence-electron chi connectivity index (χ2n) is 1.49. The molecule has 0 amide bonds. The van der Waals surface area contributed by atoms with Crippen molar-refractivity contribution in [3.8, 4) is 0 Å². The van der Waals surface area contributed by atoms with Crippen molar-refractivity contribution in [3.05, 3.63) is 20.9 Å². The Morgan fingerprint density at radius 2 is 2.33 bits per heavy atom. The van der Waals surface area contributed by atoms with Crippen LogP contribution in [0.25, 0.3) is 0 Å². The Morgan fingerprint density at radius 1 is 1.67 bits per heavy atom. The highest BCUT2D eigenvalue weighted by atomic mass is 127. The lowest BCUT2D eigenvalue weighted by molar-refractivity contribution is 1.32. The van der Waals surface area contributed by atoms with Gasteiger partial charge in [0.2, 0.25) is 0 Å². The van der Waals surface area contributed by atoms with Crippen LogP contribution in [0, 0.1) is 3.57 Å². The molecule has 0 saturated carbocycles. The minimum absolute atomic E-state index is 0.392. The van der Waals surface area contributed by atoms with Gasteiger partial charge in [-0.2, -0.15) is 0 Å². The molecule has 48 valence electrons. The van der Waals surface area contributed by atoms with E-state index in [4.69, 9.17) is 17.3 Å². The summed E-state index contributed by atoms with van der Waals surface area (Å²) in [5, 5.41) is 0.540. The second-order valence-corrected chi connectivity index (χ2v) is 3.03. The van der Waals surface area contributed by atoms with Gasteiger partial charge < -0.3 is 5.73 Å². The summed E-state index contributed by atoms with van der Waals surface area (Å²) < 4.78 is 0.932. The van der Waals surface area contributed by atoms with Gasteiger partial charge in [0.1, 0.15) is 5.82 Å². The fraction of sp³-hybridized carbons (Fsp3) is 0. The first-order valence-electron chi connectivity index (χ1n) is 2.27. The molecule has 0 fully saturated rings. The van der Waals surface area contributed by atoms with Gasteiger partial charge in [-0.3, -0.25) is 0 Å². The average Bonchev–Trinajstić information content (AvgIpc) is 1.83. The monoisotopic (exact) mass is 254 g/mol. The summed E-state index contributed by atoms with van der Waals surface area (Å²) in [4.78, 5) is 3.78. The predicted octanol–water partition coefficient (Wildman–Crippen LogP) is 1.92. The number of rotatable bonds is 0. The largest absolute Gasteiger partial charge is 0.382 e. The molecule has 2 nitrogen and oxygen atoms in total. The predicted molar refractivity (Wildman–Crippen MR) is 46.4 cm³/mol. The van der Waals surface area contributed by atoms with Crippen molar-refractivity contribution < 1.29 is 0 Å². The molecular weight excluding hydrogens is 250 g/mol. The number of anilines is 1. The van der Waals surface area contributed by atoms with Crippen LogP contribution in [0.15, 0.2) is 12.3 Å². The zero-order chi connectivity index (χ0) is 6.85. The Morgan fingerprint density at radius 3 is 2.78 bits per heavy atom. The zero-order valence-electron chi connectivity index (χ0n) is 4.44. The lowest BCUT2D eigenvalue weighted by Gasteiger charge is -1.95. The van der Waals surface area contributed by atoms with E-state index in [0.717, 1.165) is 3.57 Å². The average molecular weight is 254 g/mol. The normalized spacial score (nSPS) is 9.56. The van der Waals surface area contributed by atoms with Crippen LogP contribution in [0.5, 0.6) is 0 Å². The van der Waals surface area contributed by atoms with Crippen molar-refractivity contribution in [1.29, 1.82) is 0 Å². The molecule has 1 heterocycles. The van der Waals surface area contributed by atoms with Crippen LogP contribution in [-0.2, 0) is 0 Å². The summed E-state index contributed by atoms with van der Waals surface area (Å²) in [6.07, 6.45) is 1.63. The van der Waals surface area contributed by atoms with Crippen molar-refractivity contribution in [2.75, 3.05) is 5.73 Å². The lowest BCUT2D eigenvalue weighted by atomic mass is 10.5. The van der Waals surface area contributed by atoms with E-state index in [-0.39, 0.29) is 0 Å². The van der Waals surface area contributed by atoms with Gasteiger partial charge in [-0.05, 0) is 28.7 Å². The SMILES string of the molecule is Nc1nccc(I)c1Cl. The fourth-order valence-electron chi connectivity index (χ4n) is 0.435. The van der Waals surface area contributed by atoms with Crippen molar-refractivity contribution >= 4 is 40.0 Å². The van der Waals surface area contributed by atoms with Gasteiger partial charge in [-0.25, -0.2) is 4.98 Å². The molecule has 0 aromatic carbocycles. The van der Waals surface area contributed by atoms with Crippen LogP contribution in [0.4, 0.5) is 5.82 Å². The Hall–Kier alpha value is -0.0300. The maximum atomic E-state index is 5.68. The Balaban J connectivity index is 3.25. The zero-order valence-corrected chi connectivity index (χ0v) is 7.35. The molecule has 1 aromatic rings. The molecule has 0 aliphatic rings. The van der Waals surface area contributed by atoms with Crippen LogP contribution in [-0.4, -0.2) is 4.98 Å². The summed E-state index contributed by atoms with van der Waals surface area (Å²) in [5.74, 6) is 0.392. The van der Waals surface area contributed by atoms with Crippen LogP contribution in [0.1, 0.15) is 0 Å². The molecule has 4 heteroatoms. The lowest BCUT2D eigenvalue weighted by Crippen LogP contribution is -1.91. The first kappa shape index (κ1) is 7.08. The Labute approximate surface area is 71.6 Å². The number of aromatic nitrogens is 1. The number of nitrogen functional groups attached to an aromatic ring is 1. The van der Waals surface area contributed by atoms with Crippen molar-refractivity contribution in [1.82, 2.24) is 4.98 Å². The number of pyridine rings is 1. The number of hydrogen-bond donors (Lipinski definition) is 1. The number of nitrogens with two attached hydrogens (primary N) is 1. The molecule has 0 aliphatic carbocycles. The Kier molecular flexibility index (Phi) is 2.13. The van der Waals surface area contributed by atoms with E-state index in [9.17, 15) is 0 Å². The Bertz CT molecular complexity index is 206. The highest BCUT2D eigenvalue weighted by Crippen LogP contribution is 2.21. The van der Waals surface area contributed by atoms with Gasteiger partial charge in [-0.1, -0.05) is 11.6 Å². The molecule has 1 rings (SSSR count). The highest BCUT2D eigenvalue weighted by molar-refractivity contribution is 14.1. The second kappa shape index (κ2) is 2.70. The van der Waals surface area contributed by atoms with Gasteiger partial charge >= 0.3 is 0 Å². The maximum absolute atomic E-state index is 5.68. The summed E-state index contributed by atoms with van der Waals surface area (Å²) in [6.45, 7) is 0. The van der Waals surface area contributed by atoms with Crippen LogP contribution in [0.2, 0.25) is 5.02 Å². The van der Waals surface area contributed by atoms with Crippen LogP contribution < -0.4 is 5.73 Å². The first-order valence-corrected chi connectivity index (χ1v) is 3.73. The van der Waals surface area contributed by atoms with Gasteiger partial charge in [-0.15, -0.1) is 0 Å². The standard InChI is InChI=1S/C5H4ClIN2/c6-4-3(7)1-2-9-5(4)8/h1-2H,(H2,8,9). The topological polar surface area (TPSA) is 38.9 Å². The molecule has 0 atom stereocenters. The highest BCUT2D eigenvalue weighted by Gasteiger charge is 1.98. The van der Waals surface area contributed by atoms with E-state index in [1.165, 1.54) is 0 Å². The summed E-state index contributed by atoms with van der Waals surface area (Å²) >= 11 is 7.78.